The number of carbonyl (C=O) groups is 1. The molecular formula is C86H160N4O. The van der Waals surface area contributed by atoms with Crippen molar-refractivity contribution in [2.45, 2.75) is 362 Å². The van der Waals surface area contributed by atoms with Crippen LogP contribution in [0.5, 0.6) is 0 Å². The number of rotatable bonds is 71. The number of hydrogen-bond acceptors (Lipinski definition) is 4. The molecular weight excluding hydrogens is 1100 g/mol. The Morgan fingerprint density at radius 2 is 0.659 bits per heavy atom. The van der Waals surface area contributed by atoms with Crippen molar-refractivity contribution in [1.29, 1.82) is 0 Å². The van der Waals surface area contributed by atoms with E-state index in [0.29, 0.717) is 18.3 Å². The van der Waals surface area contributed by atoms with E-state index < -0.39 is 0 Å². The summed E-state index contributed by atoms with van der Waals surface area (Å²) in [4.78, 5) is 19.8. The van der Waals surface area contributed by atoms with Crippen molar-refractivity contribution >= 4 is 5.91 Å². The van der Waals surface area contributed by atoms with E-state index in [1.165, 1.54) is 321 Å². The molecule has 0 heterocycles. The minimum Gasteiger partial charge on any atom is -0.356 e. The standard InChI is InChI=1S/C86H160N4O/c1-10-14-18-22-25-27-29-31-33-35-37-39-41-46-53-60-68-82(80-87-86(91)76-77-88(5)6)69-61-54-50-51-59-67-75-85(73-65-57-45-24-20-16-12-3)84(72-64-52-21-17-13-4)74-66-58-49-44-43-48-56-63-71-83(81-90(9)79-78-89(7)8)70-62-55-47-42-40-38-36-34-32-30-28-26-23-19-15-11-2/h25-28,31-34,45,57,64,66,72-74,82-84H,10-24,29-30,35-44,46-56,58-63,65,67-71,75-81H2,1-9H3,(H,87,91)/b27-25-,28-26-,33-31-,34-32-,57-45-,72-64-,74-66-,85-73+. The van der Waals surface area contributed by atoms with Gasteiger partial charge in [0, 0.05) is 45.1 Å². The van der Waals surface area contributed by atoms with Gasteiger partial charge in [-0.3, -0.25) is 4.79 Å². The Kier molecular flexibility index (Phi) is 70.9. The van der Waals surface area contributed by atoms with Crippen LogP contribution in [0.15, 0.2) is 96.7 Å². The van der Waals surface area contributed by atoms with Crippen molar-refractivity contribution in [3.63, 3.8) is 0 Å². The highest BCUT2D eigenvalue weighted by atomic mass is 16.1. The SMILES string of the molecule is CCCCC/C=C\C/C=C\CCCCCCCCC(CCCCCCCC/C(=C\C/C=C\CCCCC)C(/C=C\CCCCC)/C=C\CCCCCCCCC(CCCCCCCC/C=C\C/C=C\CCCCC)CN(C)CCN(C)C)CNC(=O)CCN(C)C. The molecule has 0 bridgehead atoms. The van der Waals surface area contributed by atoms with Gasteiger partial charge in [0.15, 0.2) is 0 Å². The third-order valence-electron chi connectivity index (χ3n) is 18.8. The normalized spacial score (nSPS) is 13.8. The van der Waals surface area contributed by atoms with Crippen LogP contribution in [-0.4, -0.2) is 88.6 Å². The average molecular weight is 1270 g/mol. The van der Waals surface area contributed by atoms with Gasteiger partial charge >= 0.3 is 0 Å². The van der Waals surface area contributed by atoms with Crippen molar-refractivity contribution in [3.05, 3.63) is 96.7 Å². The molecule has 0 aromatic rings. The van der Waals surface area contributed by atoms with Gasteiger partial charge in [0.25, 0.3) is 0 Å². The van der Waals surface area contributed by atoms with Crippen LogP contribution in [0.1, 0.15) is 362 Å². The first-order valence-electron chi connectivity index (χ1n) is 40.2. The summed E-state index contributed by atoms with van der Waals surface area (Å²) in [6, 6.07) is 0. The van der Waals surface area contributed by atoms with E-state index in [2.05, 4.69) is 174 Å². The number of nitrogens with one attached hydrogen (secondary N) is 1. The second kappa shape index (κ2) is 73.1. The summed E-state index contributed by atoms with van der Waals surface area (Å²) in [6.07, 6.45) is 104. The summed E-state index contributed by atoms with van der Waals surface area (Å²) in [5, 5.41) is 3.34. The summed E-state index contributed by atoms with van der Waals surface area (Å²) in [5.41, 5.74) is 1.65. The van der Waals surface area contributed by atoms with Gasteiger partial charge in [-0.1, -0.05) is 304 Å². The number of allylic oxidation sites excluding steroid dienone is 16. The maximum atomic E-state index is 12.8. The second-order valence-electron chi connectivity index (χ2n) is 28.6. The van der Waals surface area contributed by atoms with Crippen LogP contribution in [0.2, 0.25) is 0 Å². The molecule has 530 valence electrons. The van der Waals surface area contributed by atoms with E-state index in [4.69, 9.17) is 0 Å². The fraction of sp³-hybridized carbons (Fsp3) is 0.802. The third-order valence-corrected chi connectivity index (χ3v) is 18.8. The Balaban J connectivity index is 5.22. The van der Waals surface area contributed by atoms with Crippen molar-refractivity contribution in [2.24, 2.45) is 17.8 Å². The van der Waals surface area contributed by atoms with Crippen molar-refractivity contribution in [2.75, 3.05) is 68.0 Å². The van der Waals surface area contributed by atoms with Gasteiger partial charge in [-0.15, -0.1) is 0 Å². The van der Waals surface area contributed by atoms with Gasteiger partial charge < -0.3 is 20.0 Å². The first kappa shape index (κ1) is 88.3. The number of carbonyl (C=O) groups excluding carboxylic acids is 1. The summed E-state index contributed by atoms with van der Waals surface area (Å²) in [7, 11) is 10.9. The molecule has 0 aliphatic carbocycles. The number of hydrogen-bond donors (Lipinski definition) is 1. The lowest BCUT2D eigenvalue weighted by atomic mass is 9.90. The molecule has 3 atom stereocenters. The van der Waals surface area contributed by atoms with Gasteiger partial charge in [-0.05, 0) is 195 Å². The fourth-order valence-corrected chi connectivity index (χ4v) is 12.6. The molecule has 1 N–H and O–H groups in total. The van der Waals surface area contributed by atoms with Crippen LogP contribution in [0.4, 0.5) is 0 Å². The summed E-state index contributed by atoms with van der Waals surface area (Å²) < 4.78 is 0. The lowest BCUT2D eigenvalue weighted by molar-refractivity contribution is -0.121. The second-order valence-corrected chi connectivity index (χ2v) is 28.6. The lowest BCUT2D eigenvalue weighted by Gasteiger charge is -2.25. The summed E-state index contributed by atoms with van der Waals surface area (Å²) in [6.45, 7) is 14.5. The highest BCUT2D eigenvalue weighted by molar-refractivity contribution is 5.76. The number of unbranched alkanes of at least 4 members (excludes halogenated alkanes) is 35. The van der Waals surface area contributed by atoms with Crippen LogP contribution in [0.3, 0.4) is 0 Å². The van der Waals surface area contributed by atoms with Crippen LogP contribution in [0.25, 0.3) is 0 Å². The molecule has 0 saturated heterocycles. The van der Waals surface area contributed by atoms with E-state index in [0.717, 1.165) is 44.8 Å². The Bertz CT molecular complexity index is 1730. The molecule has 0 fully saturated rings. The predicted octanol–water partition coefficient (Wildman–Crippen LogP) is 26.2. The monoisotopic (exact) mass is 1270 g/mol. The number of nitrogens with zero attached hydrogens (tertiary/aromatic N) is 3. The molecule has 0 aromatic heterocycles. The van der Waals surface area contributed by atoms with Crippen molar-refractivity contribution in [1.82, 2.24) is 20.0 Å². The maximum Gasteiger partial charge on any atom is 0.221 e. The molecule has 0 aliphatic heterocycles. The summed E-state index contributed by atoms with van der Waals surface area (Å²) >= 11 is 0. The molecule has 91 heavy (non-hydrogen) atoms. The van der Waals surface area contributed by atoms with Crippen LogP contribution < -0.4 is 5.32 Å². The quantitative estimate of drug-likeness (QED) is 0.0487. The smallest absolute Gasteiger partial charge is 0.221 e. The Labute approximate surface area is 571 Å². The molecule has 0 aliphatic rings. The first-order chi connectivity index (χ1) is 44.7. The first-order valence-corrected chi connectivity index (χ1v) is 40.2. The van der Waals surface area contributed by atoms with Crippen LogP contribution in [0, 0.1) is 17.8 Å². The topological polar surface area (TPSA) is 38.8 Å². The van der Waals surface area contributed by atoms with Crippen molar-refractivity contribution in [3.8, 4) is 0 Å². The van der Waals surface area contributed by atoms with Gasteiger partial charge in [0.05, 0.1) is 0 Å². The molecule has 5 nitrogen and oxygen atoms in total. The molecule has 0 rings (SSSR count). The zero-order chi connectivity index (χ0) is 66.2. The zero-order valence-corrected chi connectivity index (χ0v) is 62.9. The summed E-state index contributed by atoms with van der Waals surface area (Å²) in [5.74, 6) is 2.09. The Morgan fingerprint density at radius 3 is 1.04 bits per heavy atom. The van der Waals surface area contributed by atoms with E-state index in [-0.39, 0.29) is 5.91 Å². The van der Waals surface area contributed by atoms with Gasteiger partial charge in [-0.2, -0.15) is 0 Å². The molecule has 0 radical (unpaired) electrons. The van der Waals surface area contributed by atoms with Gasteiger partial charge in [0.2, 0.25) is 5.91 Å². The highest BCUT2D eigenvalue weighted by Gasteiger charge is 2.14. The highest BCUT2D eigenvalue weighted by Crippen LogP contribution is 2.26. The molecule has 0 spiro atoms. The molecule has 0 aromatic carbocycles. The lowest BCUT2D eigenvalue weighted by Crippen LogP contribution is -2.32. The predicted molar refractivity (Wildman–Crippen MR) is 413 cm³/mol. The molecule has 5 heteroatoms. The zero-order valence-electron chi connectivity index (χ0n) is 62.9. The minimum absolute atomic E-state index is 0.218. The Morgan fingerprint density at radius 1 is 0.330 bits per heavy atom. The fourth-order valence-electron chi connectivity index (χ4n) is 12.6. The van der Waals surface area contributed by atoms with E-state index >= 15 is 0 Å². The largest absolute Gasteiger partial charge is 0.356 e. The molecule has 1 amide bonds. The van der Waals surface area contributed by atoms with Gasteiger partial charge in [-0.25, -0.2) is 0 Å². The minimum atomic E-state index is 0.218. The van der Waals surface area contributed by atoms with Crippen LogP contribution in [-0.2, 0) is 4.79 Å². The third kappa shape index (κ3) is 68.5. The molecule has 0 saturated carbocycles. The van der Waals surface area contributed by atoms with E-state index in [1.54, 1.807) is 5.57 Å². The van der Waals surface area contributed by atoms with E-state index in [1.807, 2.05) is 0 Å². The van der Waals surface area contributed by atoms with Gasteiger partial charge in [0.1, 0.15) is 0 Å². The average Bonchev–Trinajstić information content (AvgIpc) is 3.75. The van der Waals surface area contributed by atoms with E-state index in [9.17, 15) is 4.79 Å². The van der Waals surface area contributed by atoms with Crippen molar-refractivity contribution < 1.29 is 4.79 Å². The Hall–Kier alpha value is -2.73. The number of amides is 1. The maximum absolute atomic E-state index is 12.8. The molecule has 3 unspecified atom stereocenters. The number of likely N-dealkylation sites (N-methyl/N-ethyl adjacent to an activating group) is 2. The van der Waals surface area contributed by atoms with Crippen LogP contribution >= 0.6 is 0 Å².